The lowest BCUT2D eigenvalue weighted by Crippen LogP contribution is -2.06. The Bertz CT molecular complexity index is 1070. The van der Waals surface area contributed by atoms with Crippen molar-refractivity contribution >= 4 is 21.1 Å². The van der Waals surface area contributed by atoms with Gasteiger partial charge in [0.05, 0.1) is 0 Å². The predicted molar refractivity (Wildman–Crippen MR) is 81.1 cm³/mol. The van der Waals surface area contributed by atoms with E-state index in [1.807, 2.05) is 0 Å². The van der Waals surface area contributed by atoms with E-state index in [1.165, 1.54) is 0 Å². The Morgan fingerprint density at radius 3 is 2.22 bits per heavy atom. The van der Waals surface area contributed by atoms with Crippen molar-refractivity contribution < 1.29 is 27.6 Å². The molecule has 0 bridgehead atoms. The Morgan fingerprint density at radius 2 is 1.61 bits per heavy atom. The molecular weight excluding hydrogens is 324 g/mol. The number of hydrogen-bond donors (Lipinski definition) is 3. The SMILES string of the molecule is O=c1cc(-c2ccccc2)oc2c(S(=O)(=O)O)c(O)cc(O)c12. The molecule has 23 heavy (non-hydrogen) atoms. The molecule has 0 saturated carbocycles. The van der Waals surface area contributed by atoms with Crippen molar-refractivity contribution in [3.05, 3.63) is 52.7 Å². The van der Waals surface area contributed by atoms with Crippen LogP contribution in [-0.4, -0.2) is 23.2 Å². The quantitative estimate of drug-likeness (QED) is 0.613. The maximum atomic E-state index is 12.2. The highest BCUT2D eigenvalue weighted by molar-refractivity contribution is 7.86. The molecule has 2 aromatic carbocycles. The molecule has 0 aliphatic carbocycles. The minimum Gasteiger partial charge on any atom is -0.507 e. The molecule has 0 saturated heterocycles. The van der Waals surface area contributed by atoms with Crippen LogP contribution in [0.4, 0.5) is 0 Å². The van der Waals surface area contributed by atoms with E-state index in [1.54, 1.807) is 30.3 Å². The fraction of sp³-hybridized carbons (Fsp3) is 0. The fourth-order valence-corrected chi connectivity index (χ4v) is 2.97. The standard InChI is InChI=1S/C15H10O7S/c16-9-6-11(18)15(23(19,20)21)14-13(9)10(17)7-12(22-14)8-4-2-1-3-5-8/h1-7,16,18H,(H,19,20,21). The predicted octanol–water partition coefficient (Wildman–Crippen LogP) is 2.12. The van der Waals surface area contributed by atoms with E-state index in [0.717, 1.165) is 6.07 Å². The van der Waals surface area contributed by atoms with E-state index in [4.69, 9.17) is 4.42 Å². The zero-order valence-corrected chi connectivity index (χ0v) is 12.2. The first-order valence-corrected chi connectivity index (χ1v) is 7.79. The maximum Gasteiger partial charge on any atom is 0.302 e. The molecule has 118 valence electrons. The highest BCUT2D eigenvalue weighted by atomic mass is 32.2. The summed E-state index contributed by atoms with van der Waals surface area (Å²) in [5.74, 6) is -1.55. The zero-order valence-electron chi connectivity index (χ0n) is 11.4. The first-order valence-electron chi connectivity index (χ1n) is 6.35. The van der Waals surface area contributed by atoms with E-state index < -0.39 is 42.9 Å². The van der Waals surface area contributed by atoms with Crippen molar-refractivity contribution in [3.8, 4) is 22.8 Å². The van der Waals surface area contributed by atoms with Gasteiger partial charge in [-0.25, -0.2) is 0 Å². The van der Waals surface area contributed by atoms with Crippen LogP contribution in [0.25, 0.3) is 22.3 Å². The molecule has 3 rings (SSSR count). The summed E-state index contributed by atoms with van der Waals surface area (Å²) in [6, 6.07) is 10.1. The molecule has 3 N–H and O–H groups in total. The summed E-state index contributed by atoms with van der Waals surface area (Å²) in [5, 5.41) is 19.1. The average molecular weight is 334 g/mol. The number of hydrogen-bond acceptors (Lipinski definition) is 6. The lowest BCUT2D eigenvalue weighted by molar-refractivity contribution is 0.430. The third kappa shape index (κ3) is 2.54. The number of phenols is 2. The van der Waals surface area contributed by atoms with Gasteiger partial charge >= 0.3 is 10.1 Å². The average Bonchev–Trinajstić information content (AvgIpc) is 2.45. The van der Waals surface area contributed by atoms with Crippen molar-refractivity contribution in [1.82, 2.24) is 0 Å². The zero-order chi connectivity index (χ0) is 16.8. The summed E-state index contributed by atoms with van der Waals surface area (Å²) >= 11 is 0. The lowest BCUT2D eigenvalue weighted by atomic mass is 10.1. The Labute approximate surface area is 129 Å². The van der Waals surface area contributed by atoms with Crippen LogP contribution in [0.1, 0.15) is 0 Å². The molecule has 0 aliphatic rings. The smallest absolute Gasteiger partial charge is 0.302 e. The van der Waals surface area contributed by atoms with Crippen LogP contribution in [-0.2, 0) is 10.1 Å². The van der Waals surface area contributed by atoms with Gasteiger partial charge in [-0.05, 0) is 0 Å². The summed E-state index contributed by atoms with van der Waals surface area (Å²) in [7, 11) is -4.89. The van der Waals surface area contributed by atoms with Gasteiger partial charge in [0.25, 0.3) is 0 Å². The summed E-state index contributed by atoms with van der Waals surface area (Å²) in [6.07, 6.45) is 0. The third-order valence-corrected chi connectivity index (χ3v) is 4.14. The van der Waals surface area contributed by atoms with Crippen molar-refractivity contribution in [2.45, 2.75) is 4.90 Å². The Morgan fingerprint density at radius 1 is 0.957 bits per heavy atom. The highest BCUT2D eigenvalue weighted by Gasteiger charge is 2.26. The second kappa shape index (κ2) is 5.11. The van der Waals surface area contributed by atoms with Gasteiger partial charge in [0.2, 0.25) is 0 Å². The molecule has 1 heterocycles. The highest BCUT2D eigenvalue weighted by Crippen LogP contribution is 2.37. The van der Waals surface area contributed by atoms with Crippen molar-refractivity contribution in [2.75, 3.05) is 0 Å². The van der Waals surface area contributed by atoms with Crippen LogP contribution >= 0.6 is 0 Å². The summed E-state index contributed by atoms with van der Waals surface area (Å²) in [5.41, 5.74) is -0.848. The number of rotatable bonds is 2. The molecular formula is C15H10O7S. The lowest BCUT2D eigenvalue weighted by Gasteiger charge is -2.09. The van der Waals surface area contributed by atoms with Crippen LogP contribution < -0.4 is 5.43 Å². The van der Waals surface area contributed by atoms with Crippen LogP contribution in [0.3, 0.4) is 0 Å². The molecule has 0 spiro atoms. The molecule has 7 nitrogen and oxygen atoms in total. The molecule has 3 aromatic rings. The third-order valence-electron chi connectivity index (χ3n) is 3.23. The Balaban J connectivity index is 2.51. The second-order valence-electron chi connectivity index (χ2n) is 4.76. The van der Waals surface area contributed by atoms with E-state index >= 15 is 0 Å². The molecule has 0 radical (unpaired) electrons. The first-order chi connectivity index (χ1) is 10.8. The minimum atomic E-state index is -4.89. The molecule has 1 aromatic heterocycles. The minimum absolute atomic E-state index is 0.0259. The van der Waals surface area contributed by atoms with E-state index in [9.17, 15) is 28.0 Å². The fourth-order valence-electron chi connectivity index (χ4n) is 2.27. The Hall–Kier alpha value is -2.84. The molecule has 0 aliphatic heterocycles. The largest absolute Gasteiger partial charge is 0.507 e. The molecule has 0 fully saturated rings. The van der Waals surface area contributed by atoms with E-state index in [-0.39, 0.29) is 5.76 Å². The number of benzene rings is 2. The Kier molecular flexibility index (Phi) is 3.35. The summed E-state index contributed by atoms with van der Waals surface area (Å²) in [6.45, 7) is 0. The van der Waals surface area contributed by atoms with Crippen LogP contribution in [0.2, 0.25) is 0 Å². The van der Waals surface area contributed by atoms with Gasteiger partial charge in [-0.1, -0.05) is 30.3 Å². The van der Waals surface area contributed by atoms with Crippen molar-refractivity contribution in [1.29, 1.82) is 0 Å². The summed E-state index contributed by atoms with van der Waals surface area (Å²) < 4.78 is 37.6. The van der Waals surface area contributed by atoms with Gasteiger partial charge in [-0.3, -0.25) is 9.35 Å². The van der Waals surface area contributed by atoms with Crippen molar-refractivity contribution in [3.63, 3.8) is 0 Å². The van der Waals surface area contributed by atoms with Gasteiger partial charge in [0, 0.05) is 17.7 Å². The number of fused-ring (bicyclic) bond motifs is 1. The topological polar surface area (TPSA) is 125 Å². The monoisotopic (exact) mass is 334 g/mol. The second-order valence-corrected chi connectivity index (χ2v) is 6.12. The van der Waals surface area contributed by atoms with E-state index in [2.05, 4.69) is 0 Å². The van der Waals surface area contributed by atoms with Gasteiger partial charge in [-0.2, -0.15) is 8.42 Å². The van der Waals surface area contributed by atoms with Gasteiger partial charge < -0.3 is 14.6 Å². The number of aromatic hydroxyl groups is 2. The van der Waals surface area contributed by atoms with Gasteiger partial charge in [-0.15, -0.1) is 0 Å². The van der Waals surface area contributed by atoms with Crippen LogP contribution in [0, 0.1) is 0 Å². The van der Waals surface area contributed by atoms with Gasteiger partial charge in [0.15, 0.2) is 15.9 Å². The normalized spacial score (nSPS) is 11.7. The first kappa shape index (κ1) is 15.1. The summed E-state index contributed by atoms with van der Waals surface area (Å²) in [4.78, 5) is 11.2. The number of phenolic OH excluding ortho intramolecular Hbond substituents is 2. The van der Waals surface area contributed by atoms with Crippen molar-refractivity contribution in [2.24, 2.45) is 0 Å². The molecule has 0 unspecified atom stereocenters. The van der Waals surface area contributed by atoms with Crippen LogP contribution in [0.5, 0.6) is 11.5 Å². The maximum absolute atomic E-state index is 12.2. The molecule has 0 amide bonds. The molecule has 8 heteroatoms. The van der Waals surface area contributed by atoms with Gasteiger partial charge in [0.1, 0.15) is 22.6 Å². The molecule has 0 atom stereocenters. The van der Waals surface area contributed by atoms with E-state index in [0.29, 0.717) is 11.6 Å². The van der Waals surface area contributed by atoms with Crippen LogP contribution in [0.15, 0.2) is 56.6 Å².